The minimum absolute atomic E-state index is 0.129. The number of aromatic amines is 2. The fraction of sp³-hybridized carbons (Fsp3) is 0.200. The number of imidazole rings is 1. The minimum Gasteiger partial charge on any atom is -0.345 e. The molecule has 0 fully saturated rings. The lowest BCUT2D eigenvalue weighted by Gasteiger charge is -2.10. The zero-order valence-corrected chi connectivity index (χ0v) is 8.50. The third kappa shape index (κ3) is 1.52. The van der Waals surface area contributed by atoms with Gasteiger partial charge in [-0.25, -0.2) is 4.79 Å². The number of para-hydroxylation sites is 1. The molecule has 78 valence electrons. The Kier molecular flexibility index (Phi) is 2.07. The van der Waals surface area contributed by atoms with Gasteiger partial charge in [0.2, 0.25) is 0 Å². The third-order valence-corrected chi connectivity index (χ3v) is 2.19. The van der Waals surface area contributed by atoms with Crippen molar-refractivity contribution in [2.24, 2.45) is 0 Å². The number of hydrogen-bond donors (Lipinski definition) is 2. The molecule has 2 rings (SSSR count). The molecule has 1 aromatic carbocycles. The standard InChI is InChI=1S/C10H11N3O2/c1-13(2)9(14)6-4-3-5-7-8(6)12-10(15)11-7/h3-5H,1-2H3,(H2,11,12,15). The van der Waals surface area contributed by atoms with E-state index in [0.717, 1.165) is 0 Å². The van der Waals surface area contributed by atoms with Crippen molar-refractivity contribution in [3.8, 4) is 0 Å². The number of carbonyl (C=O) groups excluding carboxylic acids is 1. The van der Waals surface area contributed by atoms with Crippen LogP contribution in [0.25, 0.3) is 11.0 Å². The monoisotopic (exact) mass is 205 g/mol. The largest absolute Gasteiger partial charge is 0.345 e. The highest BCUT2D eigenvalue weighted by Crippen LogP contribution is 2.14. The molecule has 2 N–H and O–H groups in total. The van der Waals surface area contributed by atoms with Gasteiger partial charge in [0.15, 0.2) is 0 Å². The van der Waals surface area contributed by atoms with E-state index in [1.807, 2.05) is 0 Å². The highest BCUT2D eigenvalue weighted by molar-refractivity contribution is 6.04. The molecule has 1 amide bonds. The summed E-state index contributed by atoms with van der Waals surface area (Å²) >= 11 is 0. The van der Waals surface area contributed by atoms with Crippen LogP contribution in [-0.4, -0.2) is 34.9 Å². The molecule has 15 heavy (non-hydrogen) atoms. The molecule has 0 aliphatic rings. The van der Waals surface area contributed by atoms with Crippen molar-refractivity contribution >= 4 is 16.9 Å². The van der Waals surface area contributed by atoms with Crippen LogP contribution in [0.15, 0.2) is 23.0 Å². The topological polar surface area (TPSA) is 69.0 Å². The van der Waals surface area contributed by atoms with Gasteiger partial charge in [-0.3, -0.25) is 4.79 Å². The fourth-order valence-electron chi connectivity index (χ4n) is 1.48. The summed E-state index contributed by atoms with van der Waals surface area (Å²) in [7, 11) is 3.35. The van der Waals surface area contributed by atoms with Gasteiger partial charge in [-0.2, -0.15) is 0 Å². The summed E-state index contributed by atoms with van der Waals surface area (Å²) in [6.45, 7) is 0. The number of nitrogens with one attached hydrogen (secondary N) is 2. The summed E-state index contributed by atoms with van der Waals surface area (Å²) in [4.78, 5) is 29.5. The SMILES string of the molecule is CN(C)C(=O)c1cccc2[nH]c(=O)[nH]c12. The molecule has 2 aromatic rings. The van der Waals surface area contributed by atoms with Crippen LogP contribution in [0.4, 0.5) is 0 Å². The first-order valence-corrected chi connectivity index (χ1v) is 4.52. The van der Waals surface area contributed by atoms with Crippen molar-refractivity contribution in [1.29, 1.82) is 0 Å². The van der Waals surface area contributed by atoms with Crippen LogP contribution in [0.1, 0.15) is 10.4 Å². The van der Waals surface area contributed by atoms with E-state index < -0.39 is 0 Å². The summed E-state index contributed by atoms with van der Waals surface area (Å²) in [5.74, 6) is -0.129. The summed E-state index contributed by atoms with van der Waals surface area (Å²) < 4.78 is 0. The maximum absolute atomic E-state index is 11.8. The first-order chi connectivity index (χ1) is 7.09. The van der Waals surface area contributed by atoms with Gasteiger partial charge in [0.25, 0.3) is 5.91 Å². The molecular weight excluding hydrogens is 194 g/mol. The molecule has 5 heteroatoms. The number of aromatic nitrogens is 2. The van der Waals surface area contributed by atoms with Crippen molar-refractivity contribution in [3.63, 3.8) is 0 Å². The fourth-order valence-corrected chi connectivity index (χ4v) is 1.48. The molecule has 1 heterocycles. The zero-order chi connectivity index (χ0) is 11.0. The summed E-state index contributed by atoms with van der Waals surface area (Å²) in [5.41, 5.74) is 1.40. The Balaban J connectivity index is 2.70. The molecule has 0 radical (unpaired) electrons. The molecule has 0 unspecified atom stereocenters. The number of carbonyl (C=O) groups is 1. The van der Waals surface area contributed by atoms with Crippen LogP contribution < -0.4 is 5.69 Å². The Hall–Kier alpha value is -2.04. The zero-order valence-electron chi connectivity index (χ0n) is 8.50. The molecule has 0 aliphatic carbocycles. The van der Waals surface area contributed by atoms with Crippen molar-refractivity contribution in [1.82, 2.24) is 14.9 Å². The van der Waals surface area contributed by atoms with E-state index in [1.54, 1.807) is 32.3 Å². The van der Waals surface area contributed by atoms with Crippen LogP contribution in [0.3, 0.4) is 0 Å². The van der Waals surface area contributed by atoms with Gasteiger partial charge in [-0.05, 0) is 12.1 Å². The normalized spacial score (nSPS) is 10.5. The summed E-state index contributed by atoms with van der Waals surface area (Å²) in [6, 6.07) is 5.18. The van der Waals surface area contributed by atoms with Crippen molar-refractivity contribution in [3.05, 3.63) is 34.2 Å². The molecule has 5 nitrogen and oxygen atoms in total. The Labute approximate surface area is 85.7 Å². The Bertz CT molecular complexity index is 565. The number of benzene rings is 1. The average Bonchev–Trinajstić information content (AvgIpc) is 2.56. The number of rotatable bonds is 1. The van der Waals surface area contributed by atoms with Crippen molar-refractivity contribution < 1.29 is 4.79 Å². The van der Waals surface area contributed by atoms with Crippen LogP contribution in [0, 0.1) is 0 Å². The highest BCUT2D eigenvalue weighted by Gasteiger charge is 2.13. The average molecular weight is 205 g/mol. The van der Waals surface area contributed by atoms with Gasteiger partial charge in [0.05, 0.1) is 16.6 Å². The Morgan fingerprint density at radius 1 is 1.27 bits per heavy atom. The third-order valence-electron chi connectivity index (χ3n) is 2.19. The van der Waals surface area contributed by atoms with E-state index in [4.69, 9.17) is 0 Å². The number of fused-ring (bicyclic) bond motifs is 1. The molecule has 0 aliphatic heterocycles. The lowest BCUT2D eigenvalue weighted by atomic mass is 10.1. The summed E-state index contributed by atoms with van der Waals surface area (Å²) in [6.07, 6.45) is 0. The van der Waals surface area contributed by atoms with Crippen LogP contribution in [0.2, 0.25) is 0 Å². The number of amides is 1. The lowest BCUT2D eigenvalue weighted by molar-refractivity contribution is 0.0829. The molecule has 1 aromatic heterocycles. The predicted molar refractivity (Wildman–Crippen MR) is 56.9 cm³/mol. The predicted octanol–water partition coefficient (Wildman–Crippen LogP) is 0.558. The van der Waals surface area contributed by atoms with Crippen molar-refractivity contribution in [2.45, 2.75) is 0 Å². The number of nitrogens with zero attached hydrogens (tertiary/aromatic N) is 1. The van der Waals surface area contributed by atoms with Crippen molar-refractivity contribution in [2.75, 3.05) is 14.1 Å². The molecule has 0 saturated heterocycles. The minimum atomic E-state index is -0.302. The van der Waals surface area contributed by atoms with Gasteiger partial charge in [-0.15, -0.1) is 0 Å². The first kappa shape index (κ1) is 9.51. The van der Waals surface area contributed by atoms with E-state index in [2.05, 4.69) is 9.97 Å². The second kappa shape index (κ2) is 3.27. The van der Waals surface area contributed by atoms with E-state index in [-0.39, 0.29) is 11.6 Å². The quantitative estimate of drug-likeness (QED) is 0.714. The first-order valence-electron chi connectivity index (χ1n) is 4.52. The molecular formula is C10H11N3O2. The van der Waals surface area contributed by atoms with Gasteiger partial charge in [0.1, 0.15) is 0 Å². The lowest BCUT2D eigenvalue weighted by Crippen LogP contribution is -2.22. The number of hydrogen-bond acceptors (Lipinski definition) is 2. The maximum Gasteiger partial charge on any atom is 0.323 e. The van der Waals surface area contributed by atoms with E-state index in [1.165, 1.54) is 4.90 Å². The van der Waals surface area contributed by atoms with Gasteiger partial charge in [0, 0.05) is 14.1 Å². The molecule has 0 bridgehead atoms. The van der Waals surface area contributed by atoms with Crippen LogP contribution in [0.5, 0.6) is 0 Å². The van der Waals surface area contributed by atoms with Gasteiger partial charge < -0.3 is 14.9 Å². The highest BCUT2D eigenvalue weighted by atomic mass is 16.2. The second-order valence-electron chi connectivity index (χ2n) is 3.51. The molecule has 0 saturated carbocycles. The Morgan fingerprint density at radius 2 is 2.00 bits per heavy atom. The Morgan fingerprint density at radius 3 is 2.67 bits per heavy atom. The molecule has 0 spiro atoms. The van der Waals surface area contributed by atoms with Gasteiger partial charge >= 0.3 is 5.69 Å². The van der Waals surface area contributed by atoms with E-state index >= 15 is 0 Å². The van der Waals surface area contributed by atoms with Crippen LogP contribution in [-0.2, 0) is 0 Å². The van der Waals surface area contributed by atoms with E-state index in [9.17, 15) is 9.59 Å². The molecule has 0 atom stereocenters. The summed E-state index contributed by atoms with van der Waals surface area (Å²) in [5, 5.41) is 0. The maximum atomic E-state index is 11.8. The number of H-pyrrole nitrogens is 2. The smallest absolute Gasteiger partial charge is 0.323 e. The van der Waals surface area contributed by atoms with E-state index in [0.29, 0.717) is 16.6 Å². The van der Waals surface area contributed by atoms with Gasteiger partial charge in [-0.1, -0.05) is 6.07 Å². The van der Waals surface area contributed by atoms with Crippen LogP contribution >= 0.6 is 0 Å². The second-order valence-corrected chi connectivity index (χ2v) is 3.51.